The van der Waals surface area contributed by atoms with Crippen LogP contribution < -0.4 is 0 Å². The number of phenolic OH excluding ortho intramolecular Hbond substituents is 2. The maximum Gasteiger partial charge on any atom is 0.157 e. The van der Waals surface area contributed by atoms with Crippen LogP contribution >= 0.6 is 0 Å². The molecule has 170 valence electrons. The molecule has 0 atom stereocenters. The molecule has 0 spiro atoms. The van der Waals surface area contributed by atoms with Crippen LogP contribution in [0.15, 0.2) is 24.3 Å². The summed E-state index contributed by atoms with van der Waals surface area (Å²) in [5.74, 6) is -0.153. The zero-order chi connectivity index (χ0) is 21.4. The van der Waals surface area contributed by atoms with Gasteiger partial charge in [0.1, 0.15) is 0 Å². The summed E-state index contributed by atoms with van der Waals surface area (Å²) in [7, 11) is 0. The molecule has 1 rings (SSSR count). The van der Waals surface area contributed by atoms with Gasteiger partial charge in [-0.1, -0.05) is 116 Å². The zero-order valence-electron chi connectivity index (χ0n) is 19.3. The standard InChI is InChI=1S/C20H42O.C6H6O2/c1-3-5-7-9-11-13-15-17-19-21-20-18-16-14-12-10-8-6-4-2;7-5-3-1-2-4-6(5)8/h3-20H2,1-2H3;1-4,7-8H. The van der Waals surface area contributed by atoms with E-state index < -0.39 is 0 Å². The summed E-state index contributed by atoms with van der Waals surface area (Å²) >= 11 is 0. The number of benzene rings is 1. The van der Waals surface area contributed by atoms with Crippen LogP contribution in [-0.4, -0.2) is 23.4 Å². The quantitative estimate of drug-likeness (QED) is 0.189. The largest absolute Gasteiger partial charge is 0.504 e. The van der Waals surface area contributed by atoms with E-state index in [2.05, 4.69) is 13.8 Å². The summed E-state index contributed by atoms with van der Waals surface area (Å²) in [5.41, 5.74) is 0. The van der Waals surface area contributed by atoms with Gasteiger partial charge in [0.15, 0.2) is 11.5 Å². The van der Waals surface area contributed by atoms with Crippen molar-refractivity contribution in [2.24, 2.45) is 0 Å². The van der Waals surface area contributed by atoms with Crippen LogP contribution in [0.3, 0.4) is 0 Å². The average Bonchev–Trinajstić information content (AvgIpc) is 2.73. The van der Waals surface area contributed by atoms with Gasteiger partial charge in [-0.15, -0.1) is 0 Å². The Morgan fingerprint density at radius 3 is 1.14 bits per heavy atom. The Hall–Kier alpha value is -1.22. The Morgan fingerprint density at radius 1 is 0.517 bits per heavy atom. The Morgan fingerprint density at radius 2 is 0.828 bits per heavy atom. The number of unbranched alkanes of at least 4 members (excludes halogenated alkanes) is 14. The third-order valence-corrected chi connectivity index (χ3v) is 5.17. The van der Waals surface area contributed by atoms with Crippen LogP contribution in [0.5, 0.6) is 11.5 Å². The minimum Gasteiger partial charge on any atom is -0.504 e. The molecule has 0 saturated carbocycles. The van der Waals surface area contributed by atoms with Gasteiger partial charge in [-0.3, -0.25) is 0 Å². The van der Waals surface area contributed by atoms with E-state index in [4.69, 9.17) is 14.9 Å². The van der Waals surface area contributed by atoms with Gasteiger partial charge < -0.3 is 14.9 Å². The molecule has 0 aliphatic rings. The number of phenols is 2. The average molecular weight is 409 g/mol. The highest BCUT2D eigenvalue weighted by Gasteiger charge is 1.94. The first-order valence-corrected chi connectivity index (χ1v) is 12.3. The first kappa shape index (κ1) is 27.8. The first-order valence-electron chi connectivity index (χ1n) is 12.3. The van der Waals surface area contributed by atoms with E-state index in [1.165, 1.54) is 115 Å². The Labute approximate surface area is 180 Å². The van der Waals surface area contributed by atoms with Gasteiger partial charge in [0, 0.05) is 13.2 Å². The lowest BCUT2D eigenvalue weighted by Crippen LogP contribution is -1.97. The summed E-state index contributed by atoms with van der Waals surface area (Å²) in [4.78, 5) is 0. The summed E-state index contributed by atoms with van der Waals surface area (Å²) in [6.07, 6.45) is 22.2. The predicted octanol–water partition coefficient (Wildman–Crippen LogP) is 8.38. The van der Waals surface area contributed by atoms with Crippen LogP contribution in [0.1, 0.15) is 117 Å². The number of hydrogen-bond donors (Lipinski definition) is 2. The van der Waals surface area contributed by atoms with Gasteiger partial charge in [-0.05, 0) is 25.0 Å². The second kappa shape index (κ2) is 23.1. The van der Waals surface area contributed by atoms with Crippen molar-refractivity contribution in [3.63, 3.8) is 0 Å². The molecular weight excluding hydrogens is 360 g/mol. The lowest BCUT2D eigenvalue weighted by Gasteiger charge is -2.05. The second-order valence-corrected chi connectivity index (χ2v) is 8.05. The SMILES string of the molecule is CCCCCCCCCCOCCCCCCCCCC.Oc1ccccc1O. The molecule has 0 bridgehead atoms. The molecule has 0 aromatic heterocycles. The lowest BCUT2D eigenvalue weighted by molar-refractivity contribution is 0.125. The van der Waals surface area contributed by atoms with E-state index in [0.717, 1.165) is 13.2 Å². The van der Waals surface area contributed by atoms with Gasteiger partial charge in [0.05, 0.1) is 0 Å². The molecule has 0 aliphatic carbocycles. The Bertz CT molecular complexity index is 395. The topological polar surface area (TPSA) is 49.7 Å². The molecule has 1 aromatic carbocycles. The van der Waals surface area contributed by atoms with Gasteiger partial charge in [-0.25, -0.2) is 0 Å². The van der Waals surface area contributed by atoms with Gasteiger partial charge in [0.2, 0.25) is 0 Å². The number of rotatable bonds is 18. The van der Waals surface area contributed by atoms with Crippen LogP contribution in [0.2, 0.25) is 0 Å². The number of para-hydroxylation sites is 2. The third-order valence-electron chi connectivity index (χ3n) is 5.17. The molecule has 0 amide bonds. The molecule has 3 nitrogen and oxygen atoms in total. The highest BCUT2D eigenvalue weighted by Crippen LogP contribution is 2.21. The second-order valence-electron chi connectivity index (χ2n) is 8.05. The molecule has 0 heterocycles. The van der Waals surface area contributed by atoms with E-state index in [-0.39, 0.29) is 11.5 Å². The fourth-order valence-corrected chi connectivity index (χ4v) is 3.24. The van der Waals surface area contributed by atoms with Crippen molar-refractivity contribution in [3.05, 3.63) is 24.3 Å². The Balaban J connectivity index is 0.000000807. The van der Waals surface area contributed by atoms with Crippen molar-refractivity contribution < 1.29 is 14.9 Å². The third kappa shape index (κ3) is 21.3. The van der Waals surface area contributed by atoms with E-state index in [9.17, 15) is 0 Å². The smallest absolute Gasteiger partial charge is 0.157 e. The van der Waals surface area contributed by atoms with Crippen LogP contribution in [0.4, 0.5) is 0 Å². The molecule has 0 radical (unpaired) electrons. The number of hydrogen-bond acceptors (Lipinski definition) is 3. The summed E-state index contributed by atoms with van der Waals surface area (Å²) in [5, 5.41) is 17.3. The summed E-state index contributed by atoms with van der Waals surface area (Å²) in [6.45, 7) is 6.55. The number of ether oxygens (including phenoxy) is 1. The molecule has 0 aliphatic heterocycles. The van der Waals surface area contributed by atoms with Gasteiger partial charge in [-0.2, -0.15) is 0 Å². The Kier molecular flexibility index (Phi) is 22.1. The van der Waals surface area contributed by atoms with E-state index in [1.54, 1.807) is 12.1 Å². The maximum atomic E-state index is 8.67. The van der Waals surface area contributed by atoms with Crippen LogP contribution in [-0.2, 0) is 4.74 Å². The van der Waals surface area contributed by atoms with Crippen molar-refractivity contribution >= 4 is 0 Å². The van der Waals surface area contributed by atoms with Gasteiger partial charge >= 0.3 is 0 Å². The summed E-state index contributed by atoms with van der Waals surface area (Å²) < 4.78 is 5.72. The fraction of sp³-hybridized carbons (Fsp3) is 0.769. The molecular formula is C26H48O3. The molecule has 2 N–H and O–H groups in total. The molecule has 0 saturated heterocycles. The highest BCUT2D eigenvalue weighted by molar-refractivity contribution is 5.36. The minimum absolute atomic E-state index is 0.0764. The van der Waals surface area contributed by atoms with Crippen molar-refractivity contribution in [2.45, 2.75) is 117 Å². The van der Waals surface area contributed by atoms with Crippen molar-refractivity contribution in [1.29, 1.82) is 0 Å². The first-order chi connectivity index (χ1) is 14.2. The van der Waals surface area contributed by atoms with Crippen molar-refractivity contribution in [2.75, 3.05) is 13.2 Å². The minimum atomic E-state index is -0.0764. The zero-order valence-corrected chi connectivity index (χ0v) is 19.3. The van der Waals surface area contributed by atoms with E-state index in [1.807, 2.05) is 0 Å². The molecule has 1 aromatic rings. The van der Waals surface area contributed by atoms with Gasteiger partial charge in [0.25, 0.3) is 0 Å². The van der Waals surface area contributed by atoms with Crippen LogP contribution in [0, 0.1) is 0 Å². The number of aromatic hydroxyl groups is 2. The molecule has 3 heteroatoms. The van der Waals surface area contributed by atoms with Crippen LogP contribution in [0.25, 0.3) is 0 Å². The highest BCUT2D eigenvalue weighted by atomic mass is 16.5. The monoisotopic (exact) mass is 408 g/mol. The molecule has 29 heavy (non-hydrogen) atoms. The fourth-order valence-electron chi connectivity index (χ4n) is 3.24. The van der Waals surface area contributed by atoms with E-state index >= 15 is 0 Å². The predicted molar refractivity (Wildman–Crippen MR) is 126 cm³/mol. The van der Waals surface area contributed by atoms with Crippen molar-refractivity contribution in [3.8, 4) is 11.5 Å². The summed E-state index contributed by atoms with van der Waals surface area (Å²) in [6, 6.07) is 6.15. The normalized spacial score (nSPS) is 10.6. The lowest BCUT2D eigenvalue weighted by atomic mass is 10.1. The molecule has 0 unspecified atom stereocenters. The molecule has 0 fully saturated rings. The van der Waals surface area contributed by atoms with Crippen molar-refractivity contribution in [1.82, 2.24) is 0 Å². The maximum absolute atomic E-state index is 8.67. The van der Waals surface area contributed by atoms with E-state index in [0.29, 0.717) is 0 Å².